The van der Waals surface area contributed by atoms with E-state index in [1.165, 1.54) is 0 Å². The first kappa shape index (κ1) is 9.77. The van der Waals surface area contributed by atoms with Gasteiger partial charge in [0.1, 0.15) is 24.1 Å². The van der Waals surface area contributed by atoms with Crippen LogP contribution in [0.3, 0.4) is 0 Å². The van der Waals surface area contributed by atoms with Crippen molar-refractivity contribution in [3.63, 3.8) is 0 Å². The number of aliphatic hydroxyl groups is 3. The molecular formula is C11H12N2O3. The second-order valence-electron chi connectivity index (χ2n) is 4.07. The zero-order chi connectivity index (χ0) is 11.3. The molecule has 3 N–H and O–H groups in total. The van der Waals surface area contributed by atoms with E-state index in [0.29, 0.717) is 5.82 Å². The van der Waals surface area contributed by atoms with Gasteiger partial charge < -0.3 is 19.9 Å². The van der Waals surface area contributed by atoms with Crippen molar-refractivity contribution in [3.05, 3.63) is 30.1 Å². The predicted molar refractivity (Wildman–Crippen MR) is 56.7 cm³/mol. The normalized spacial score (nSPS) is 29.3. The van der Waals surface area contributed by atoms with Gasteiger partial charge in [-0.2, -0.15) is 0 Å². The van der Waals surface area contributed by atoms with Crippen LogP contribution in [-0.2, 0) is 6.54 Å². The van der Waals surface area contributed by atoms with Gasteiger partial charge in [0.15, 0.2) is 0 Å². The third-order valence-corrected chi connectivity index (χ3v) is 3.04. The largest absolute Gasteiger partial charge is 0.388 e. The maximum Gasteiger partial charge on any atom is 0.141 e. The summed E-state index contributed by atoms with van der Waals surface area (Å²) in [6, 6.07) is 7.46. The van der Waals surface area contributed by atoms with Crippen LogP contribution < -0.4 is 0 Å². The van der Waals surface area contributed by atoms with Crippen molar-refractivity contribution in [1.29, 1.82) is 0 Å². The fourth-order valence-electron chi connectivity index (χ4n) is 2.17. The number of aromatic nitrogens is 2. The van der Waals surface area contributed by atoms with E-state index in [-0.39, 0.29) is 6.54 Å². The van der Waals surface area contributed by atoms with Crippen molar-refractivity contribution >= 4 is 11.0 Å². The highest BCUT2D eigenvalue weighted by Gasteiger charge is 2.35. The van der Waals surface area contributed by atoms with Crippen LogP contribution in [0.4, 0.5) is 0 Å². The number of rotatable bonds is 0. The summed E-state index contributed by atoms with van der Waals surface area (Å²) in [6.07, 6.45) is -3.25. The Morgan fingerprint density at radius 1 is 1.19 bits per heavy atom. The van der Waals surface area contributed by atoms with Crippen LogP contribution >= 0.6 is 0 Å². The Balaban J connectivity index is 2.25. The van der Waals surface area contributed by atoms with Crippen LogP contribution in [-0.4, -0.2) is 37.1 Å². The highest BCUT2D eigenvalue weighted by Crippen LogP contribution is 2.28. The molecule has 0 saturated carbocycles. The number of hydrogen-bond acceptors (Lipinski definition) is 4. The molecule has 0 spiro atoms. The standard InChI is InChI=1S/C11H12N2O3/c14-8-5-13-7-4-2-1-3-6(7)12-11(13)10(16)9(8)15/h1-4,8-10,14-16H,5H2/t8-,9-,10-/m1/s1. The molecule has 3 rings (SSSR count). The molecule has 0 amide bonds. The smallest absolute Gasteiger partial charge is 0.141 e. The van der Waals surface area contributed by atoms with Gasteiger partial charge in [-0.05, 0) is 12.1 Å². The Morgan fingerprint density at radius 2 is 1.94 bits per heavy atom. The average molecular weight is 220 g/mol. The minimum Gasteiger partial charge on any atom is -0.388 e. The van der Waals surface area contributed by atoms with E-state index in [0.717, 1.165) is 11.0 Å². The van der Waals surface area contributed by atoms with Gasteiger partial charge >= 0.3 is 0 Å². The van der Waals surface area contributed by atoms with E-state index in [4.69, 9.17) is 0 Å². The molecule has 2 heterocycles. The lowest BCUT2D eigenvalue weighted by molar-refractivity contribution is -0.0846. The first-order valence-corrected chi connectivity index (χ1v) is 5.18. The number of hydrogen-bond donors (Lipinski definition) is 3. The summed E-state index contributed by atoms with van der Waals surface area (Å²) < 4.78 is 1.75. The molecule has 16 heavy (non-hydrogen) atoms. The lowest BCUT2D eigenvalue weighted by atomic mass is 10.0. The van der Waals surface area contributed by atoms with Gasteiger partial charge in [0, 0.05) is 0 Å². The minimum absolute atomic E-state index is 0.258. The van der Waals surface area contributed by atoms with Gasteiger partial charge in [0.25, 0.3) is 0 Å². The molecule has 0 unspecified atom stereocenters. The van der Waals surface area contributed by atoms with Crippen molar-refractivity contribution in [2.45, 2.75) is 24.9 Å². The summed E-state index contributed by atoms with van der Waals surface area (Å²) in [5, 5.41) is 29.0. The number of aliphatic hydroxyl groups excluding tert-OH is 3. The van der Waals surface area contributed by atoms with Crippen LogP contribution in [0, 0.1) is 0 Å². The molecule has 1 aliphatic rings. The van der Waals surface area contributed by atoms with Gasteiger partial charge in [-0.3, -0.25) is 0 Å². The van der Waals surface area contributed by atoms with Crippen molar-refractivity contribution in [3.8, 4) is 0 Å². The first-order chi connectivity index (χ1) is 7.68. The van der Waals surface area contributed by atoms with Crippen molar-refractivity contribution in [2.24, 2.45) is 0 Å². The maximum absolute atomic E-state index is 9.81. The summed E-state index contributed by atoms with van der Waals surface area (Å²) in [7, 11) is 0. The summed E-state index contributed by atoms with van der Waals surface area (Å²) >= 11 is 0. The average Bonchev–Trinajstić information content (AvgIpc) is 2.65. The van der Waals surface area contributed by atoms with Crippen LogP contribution in [0.1, 0.15) is 11.9 Å². The molecule has 3 atom stereocenters. The minimum atomic E-state index is -1.16. The summed E-state index contributed by atoms with van der Waals surface area (Å²) in [5.41, 5.74) is 1.63. The predicted octanol–water partition coefficient (Wildman–Crippen LogP) is -0.195. The highest BCUT2D eigenvalue weighted by atomic mass is 16.4. The zero-order valence-electron chi connectivity index (χ0n) is 8.48. The van der Waals surface area contributed by atoms with Crippen LogP contribution in [0.5, 0.6) is 0 Å². The molecule has 1 aromatic heterocycles. The molecule has 2 aromatic rings. The molecule has 0 radical (unpaired) electrons. The third kappa shape index (κ3) is 1.19. The van der Waals surface area contributed by atoms with Gasteiger partial charge in [-0.1, -0.05) is 12.1 Å². The Kier molecular flexibility index (Phi) is 2.00. The SMILES string of the molecule is O[C@@H]1[C@H](O)Cn2c(nc3ccccc32)[C@@H]1O. The van der Waals surface area contributed by atoms with E-state index in [1.807, 2.05) is 24.3 Å². The third-order valence-electron chi connectivity index (χ3n) is 3.04. The monoisotopic (exact) mass is 220 g/mol. The molecule has 84 valence electrons. The summed E-state index contributed by atoms with van der Waals surface area (Å²) in [4.78, 5) is 4.26. The Bertz CT molecular complexity index is 537. The fourth-order valence-corrected chi connectivity index (χ4v) is 2.17. The van der Waals surface area contributed by atoms with Gasteiger partial charge in [0.2, 0.25) is 0 Å². The number of imidazole rings is 1. The van der Waals surface area contributed by atoms with Crippen LogP contribution in [0.15, 0.2) is 24.3 Å². The molecule has 1 aromatic carbocycles. The molecule has 0 fully saturated rings. The summed E-state index contributed by atoms with van der Waals surface area (Å²) in [5.74, 6) is 0.416. The van der Waals surface area contributed by atoms with E-state index in [9.17, 15) is 15.3 Å². The maximum atomic E-state index is 9.81. The van der Waals surface area contributed by atoms with Crippen molar-refractivity contribution < 1.29 is 15.3 Å². The second-order valence-corrected chi connectivity index (χ2v) is 4.07. The van der Waals surface area contributed by atoms with Crippen molar-refractivity contribution in [2.75, 3.05) is 0 Å². The number of para-hydroxylation sites is 2. The first-order valence-electron chi connectivity index (χ1n) is 5.18. The van der Waals surface area contributed by atoms with Crippen LogP contribution in [0.2, 0.25) is 0 Å². The lowest BCUT2D eigenvalue weighted by Crippen LogP contribution is -2.41. The molecule has 5 nitrogen and oxygen atoms in total. The topological polar surface area (TPSA) is 78.5 Å². The van der Waals surface area contributed by atoms with E-state index in [2.05, 4.69) is 4.98 Å². The molecule has 0 saturated heterocycles. The van der Waals surface area contributed by atoms with E-state index >= 15 is 0 Å². The molecular weight excluding hydrogens is 208 g/mol. The Morgan fingerprint density at radius 3 is 2.75 bits per heavy atom. The Hall–Kier alpha value is -1.43. The van der Waals surface area contributed by atoms with Crippen molar-refractivity contribution in [1.82, 2.24) is 9.55 Å². The van der Waals surface area contributed by atoms with Gasteiger partial charge in [0.05, 0.1) is 17.6 Å². The van der Waals surface area contributed by atoms with Gasteiger partial charge in [-0.15, -0.1) is 0 Å². The zero-order valence-corrected chi connectivity index (χ0v) is 8.48. The van der Waals surface area contributed by atoms with E-state index in [1.54, 1.807) is 4.57 Å². The number of nitrogens with zero attached hydrogens (tertiary/aromatic N) is 2. The van der Waals surface area contributed by atoms with E-state index < -0.39 is 18.3 Å². The molecule has 1 aliphatic heterocycles. The summed E-state index contributed by atoms with van der Waals surface area (Å²) in [6.45, 7) is 0.258. The van der Waals surface area contributed by atoms with Crippen LogP contribution in [0.25, 0.3) is 11.0 Å². The lowest BCUT2D eigenvalue weighted by Gasteiger charge is -2.29. The molecule has 0 aliphatic carbocycles. The molecule has 0 bridgehead atoms. The fraction of sp³-hybridized carbons (Fsp3) is 0.364. The quantitative estimate of drug-likeness (QED) is 0.574. The Labute approximate surface area is 91.6 Å². The molecule has 5 heteroatoms. The number of fused-ring (bicyclic) bond motifs is 3. The number of benzene rings is 1. The van der Waals surface area contributed by atoms with Gasteiger partial charge in [-0.25, -0.2) is 4.98 Å². The second kappa shape index (κ2) is 3.28. The highest BCUT2D eigenvalue weighted by molar-refractivity contribution is 5.76.